The molecule has 0 heterocycles. The Morgan fingerprint density at radius 2 is 1.90 bits per heavy atom. The highest BCUT2D eigenvalue weighted by Gasteiger charge is 2.08. The number of carbonyl (C=O) groups is 1. The first kappa shape index (κ1) is 15.6. The van der Waals surface area contributed by atoms with Gasteiger partial charge in [-0.3, -0.25) is 4.79 Å². The molecule has 0 radical (unpaired) electrons. The molecule has 0 atom stereocenters. The van der Waals surface area contributed by atoms with E-state index >= 15 is 0 Å². The summed E-state index contributed by atoms with van der Waals surface area (Å²) in [6, 6.07) is 11.0. The highest BCUT2D eigenvalue weighted by Crippen LogP contribution is 2.24. The first-order valence-electron chi connectivity index (χ1n) is 6.09. The molecule has 0 unspecified atom stereocenters. The maximum Gasteiger partial charge on any atom is 0.228 e. The Morgan fingerprint density at radius 3 is 2.48 bits per heavy atom. The van der Waals surface area contributed by atoms with Crippen LogP contribution in [0.2, 0.25) is 0 Å². The van der Waals surface area contributed by atoms with Crippen molar-refractivity contribution in [1.82, 2.24) is 0 Å². The van der Waals surface area contributed by atoms with E-state index in [0.29, 0.717) is 20.7 Å². The SMILES string of the molecule is NC(=S)c1ccc(NC(=O)Cc2ccc(F)cc2)c(Br)c1. The third kappa shape index (κ3) is 4.34. The molecule has 2 aromatic rings. The van der Waals surface area contributed by atoms with Crippen molar-refractivity contribution in [2.75, 3.05) is 5.32 Å². The number of rotatable bonds is 4. The van der Waals surface area contributed by atoms with Crippen LogP contribution in [-0.2, 0) is 11.2 Å². The van der Waals surface area contributed by atoms with Crippen LogP contribution in [0.15, 0.2) is 46.9 Å². The van der Waals surface area contributed by atoms with E-state index < -0.39 is 0 Å². The second kappa shape index (κ2) is 6.78. The number of amides is 1. The predicted molar refractivity (Wildman–Crippen MR) is 88.8 cm³/mol. The van der Waals surface area contributed by atoms with Crippen LogP contribution in [0.4, 0.5) is 10.1 Å². The molecule has 2 rings (SSSR count). The number of halogens is 2. The summed E-state index contributed by atoms with van der Waals surface area (Å²) >= 11 is 8.25. The zero-order valence-electron chi connectivity index (χ0n) is 10.9. The van der Waals surface area contributed by atoms with Gasteiger partial charge >= 0.3 is 0 Å². The fourth-order valence-corrected chi connectivity index (χ4v) is 2.36. The van der Waals surface area contributed by atoms with Crippen molar-refractivity contribution in [3.05, 3.63) is 63.9 Å². The first-order valence-corrected chi connectivity index (χ1v) is 7.29. The number of carbonyl (C=O) groups excluding carboxylic acids is 1. The van der Waals surface area contributed by atoms with Gasteiger partial charge in [0.2, 0.25) is 5.91 Å². The molecule has 1 amide bonds. The summed E-state index contributed by atoms with van der Waals surface area (Å²) in [6.45, 7) is 0. The smallest absolute Gasteiger partial charge is 0.228 e. The van der Waals surface area contributed by atoms with Crippen molar-refractivity contribution in [3.8, 4) is 0 Å². The van der Waals surface area contributed by atoms with Crippen molar-refractivity contribution >= 4 is 44.7 Å². The minimum Gasteiger partial charge on any atom is -0.389 e. The number of nitrogens with two attached hydrogens (primary N) is 1. The average Bonchev–Trinajstić information content (AvgIpc) is 2.43. The molecule has 0 aliphatic heterocycles. The summed E-state index contributed by atoms with van der Waals surface area (Å²) < 4.78 is 13.5. The van der Waals surface area contributed by atoms with Crippen LogP contribution >= 0.6 is 28.1 Å². The largest absolute Gasteiger partial charge is 0.389 e. The van der Waals surface area contributed by atoms with Crippen LogP contribution < -0.4 is 11.1 Å². The lowest BCUT2D eigenvalue weighted by atomic mass is 10.1. The van der Waals surface area contributed by atoms with Crippen molar-refractivity contribution in [2.24, 2.45) is 5.73 Å². The zero-order chi connectivity index (χ0) is 15.4. The molecule has 2 aromatic carbocycles. The van der Waals surface area contributed by atoms with Crippen LogP contribution in [0, 0.1) is 5.82 Å². The fraction of sp³-hybridized carbons (Fsp3) is 0.0667. The minimum atomic E-state index is -0.324. The molecule has 3 nitrogen and oxygen atoms in total. The monoisotopic (exact) mass is 366 g/mol. The maximum absolute atomic E-state index is 12.8. The number of benzene rings is 2. The van der Waals surface area contributed by atoms with Gasteiger partial charge in [-0.2, -0.15) is 0 Å². The quantitative estimate of drug-likeness (QED) is 0.815. The highest BCUT2D eigenvalue weighted by atomic mass is 79.9. The lowest BCUT2D eigenvalue weighted by Crippen LogP contribution is -2.15. The molecule has 0 aliphatic rings. The zero-order valence-corrected chi connectivity index (χ0v) is 13.3. The Bertz CT molecular complexity index is 689. The lowest BCUT2D eigenvalue weighted by Gasteiger charge is -2.09. The minimum absolute atomic E-state index is 0.170. The second-order valence-corrected chi connectivity index (χ2v) is 5.70. The Kier molecular flexibility index (Phi) is 5.03. The molecule has 0 saturated carbocycles. The van der Waals surface area contributed by atoms with Gasteiger partial charge in [-0.1, -0.05) is 24.4 Å². The average molecular weight is 367 g/mol. The van der Waals surface area contributed by atoms with E-state index in [-0.39, 0.29) is 18.1 Å². The summed E-state index contributed by atoms with van der Waals surface area (Å²) in [7, 11) is 0. The number of hydrogen-bond acceptors (Lipinski definition) is 2. The third-order valence-electron chi connectivity index (χ3n) is 2.81. The van der Waals surface area contributed by atoms with Crippen LogP contribution in [0.25, 0.3) is 0 Å². The molecule has 21 heavy (non-hydrogen) atoms. The standard InChI is InChI=1S/C15H12BrFN2OS/c16-12-8-10(15(18)21)3-6-13(12)19-14(20)7-9-1-4-11(17)5-2-9/h1-6,8H,7H2,(H2,18,21)(H,19,20). The molecule has 0 spiro atoms. The molecular weight excluding hydrogens is 355 g/mol. The summed E-state index contributed by atoms with van der Waals surface area (Å²) in [5.74, 6) is -0.513. The molecule has 0 aliphatic carbocycles. The van der Waals surface area contributed by atoms with E-state index in [0.717, 1.165) is 5.56 Å². The van der Waals surface area contributed by atoms with E-state index in [1.807, 2.05) is 0 Å². The summed E-state index contributed by atoms with van der Waals surface area (Å²) in [5.41, 5.74) is 7.62. The van der Waals surface area contributed by atoms with Gasteiger partial charge in [0.05, 0.1) is 12.1 Å². The first-order chi connectivity index (χ1) is 9.95. The molecule has 3 N–H and O–H groups in total. The topological polar surface area (TPSA) is 55.1 Å². The predicted octanol–water partition coefficient (Wildman–Crippen LogP) is 3.40. The molecule has 108 valence electrons. The maximum atomic E-state index is 12.8. The van der Waals surface area contributed by atoms with E-state index in [1.165, 1.54) is 12.1 Å². The van der Waals surface area contributed by atoms with Crippen molar-refractivity contribution in [1.29, 1.82) is 0 Å². The van der Waals surface area contributed by atoms with Gasteiger partial charge < -0.3 is 11.1 Å². The third-order valence-corrected chi connectivity index (χ3v) is 3.70. The fourth-order valence-electron chi connectivity index (χ4n) is 1.75. The van der Waals surface area contributed by atoms with Gasteiger partial charge in [-0.15, -0.1) is 0 Å². The summed E-state index contributed by atoms with van der Waals surface area (Å²) in [6.07, 6.45) is 0.170. The number of nitrogens with one attached hydrogen (secondary N) is 1. The van der Waals surface area contributed by atoms with E-state index in [4.69, 9.17) is 18.0 Å². The summed E-state index contributed by atoms with van der Waals surface area (Å²) in [5, 5.41) is 2.78. The van der Waals surface area contributed by atoms with E-state index in [1.54, 1.807) is 30.3 Å². The Hall–Kier alpha value is -1.79. The van der Waals surface area contributed by atoms with Crippen molar-refractivity contribution in [2.45, 2.75) is 6.42 Å². The van der Waals surface area contributed by atoms with Gasteiger partial charge in [-0.25, -0.2) is 4.39 Å². The van der Waals surface area contributed by atoms with Crippen molar-refractivity contribution < 1.29 is 9.18 Å². The van der Waals surface area contributed by atoms with Gasteiger partial charge in [0.15, 0.2) is 0 Å². The second-order valence-electron chi connectivity index (χ2n) is 4.41. The number of anilines is 1. The van der Waals surface area contributed by atoms with Gasteiger partial charge in [0.25, 0.3) is 0 Å². The number of thiocarbonyl (C=S) groups is 1. The lowest BCUT2D eigenvalue weighted by molar-refractivity contribution is -0.115. The van der Waals surface area contributed by atoms with Gasteiger partial charge in [0, 0.05) is 10.0 Å². The number of hydrogen-bond donors (Lipinski definition) is 2. The van der Waals surface area contributed by atoms with Crippen LogP contribution in [0.5, 0.6) is 0 Å². The molecule has 0 bridgehead atoms. The summed E-state index contributed by atoms with van der Waals surface area (Å²) in [4.78, 5) is 12.3. The van der Waals surface area contributed by atoms with Crippen LogP contribution in [0.3, 0.4) is 0 Å². The molecule has 6 heteroatoms. The Morgan fingerprint density at radius 1 is 1.24 bits per heavy atom. The Balaban J connectivity index is 2.06. The van der Waals surface area contributed by atoms with Crippen molar-refractivity contribution in [3.63, 3.8) is 0 Å². The molecule has 0 fully saturated rings. The van der Waals surface area contributed by atoms with Gasteiger partial charge in [-0.05, 0) is 51.8 Å². The van der Waals surface area contributed by atoms with E-state index in [9.17, 15) is 9.18 Å². The Labute approximate surface area is 135 Å². The highest BCUT2D eigenvalue weighted by molar-refractivity contribution is 9.10. The molecule has 0 saturated heterocycles. The molecule has 0 aromatic heterocycles. The van der Waals surface area contributed by atoms with Crippen LogP contribution in [-0.4, -0.2) is 10.9 Å². The molecular formula is C15H12BrFN2OS. The normalized spacial score (nSPS) is 10.2. The van der Waals surface area contributed by atoms with Gasteiger partial charge in [0.1, 0.15) is 10.8 Å². The van der Waals surface area contributed by atoms with E-state index in [2.05, 4.69) is 21.2 Å². The van der Waals surface area contributed by atoms with Crippen LogP contribution in [0.1, 0.15) is 11.1 Å².